The summed E-state index contributed by atoms with van der Waals surface area (Å²) in [5, 5.41) is 11.2. The van der Waals surface area contributed by atoms with Gasteiger partial charge in [-0.05, 0) is 34.3 Å². The van der Waals surface area contributed by atoms with E-state index < -0.39 is 15.8 Å². The molecule has 0 spiro atoms. The quantitative estimate of drug-likeness (QED) is 0.727. The first-order chi connectivity index (χ1) is 9.91. The number of tetrazole rings is 1. The molecular formula is C11H12N4O4S2. The van der Waals surface area contributed by atoms with E-state index in [9.17, 15) is 13.2 Å². The highest BCUT2D eigenvalue weighted by molar-refractivity contribution is 8.00. The van der Waals surface area contributed by atoms with Crippen LogP contribution in [0.3, 0.4) is 0 Å². The number of nitrogens with zero attached hydrogens (tertiary/aromatic N) is 4. The van der Waals surface area contributed by atoms with Crippen LogP contribution in [0.25, 0.3) is 0 Å². The molecule has 2 rings (SSSR count). The van der Waals surface area contributed by atoms with Crippen molar-refractivity contribution in [3.05, 3.63) is 24.3 Å². The summed E-state index contributed by atoms with van der Waals surface area (Å²) in [5.74, 6) is -0.499. The van der Waals surface area contributed by atoms with E-state index in [1.54, 1.807) is 18.2 Å². The standard InChI is InChI=1S/C11H12N4O4S2/c1-19-10(16)7-15-11(12-13-14-15)20-8-5-3-4-6-9(8)21(2,17)18/h3-6H,7H2,1-2H3. The van der Waals surface area contributed by atoms with Crippen LogP contribution in [-0.2, 0) is 25.9 Å². The third-order valence-corrected chi connectivity index (χ3v) is 4.79. The summed E-state index contributed by atoms with van der Waals surface area (Å²) in [7, 11) is -2.11. The van der Waals surface area contributed by atoms with Crippen molar-refractivity contribution in [3.8, 4) is 0 Å². The predicted octanol–water partition coefficient (Wildman–Crippen LogP) is 0.401. The van der Waals surface area contributed by atoms with Gasteiger partial charge in [0.1, 0.15) is 6.54 Å². The fourth-order valence-electron chi connectivity index (χ4n) is 1.49. The SMILES string of the molecule is COC(=O)Cn1nnnc1Sc1ccccc1S(C)(=O)=O. The number of methoxy groups -OCH3 is 1. The Labute approximate surface area is 125 Å². The van der Waals surface area contributed by atoms with Gasteiger partial charge in [-0.2, -0.15) is 0 Å². The Morgan fingerprint density at radius 3 is 2.76 bits per heavy atom. The largest absolute Gasteiger partial charge is 0.468 e. The molecule has 0 saturated carbocycles. The average molecular weight is 328 g/mol. The minimum Gasteiger partial charge on any atom is -0.468 e. The van der Waals surface area contributed by atoms with Gasteiger partial charge in [-0.15, -0.1) is 5.10 Å². The second-order valence-corrected chi connectivity index (χ2v) is 7.01. The molecule has 1 aromatic carbocycles. The van der Waals surface area contributed by atoms with Crippen molar-refractivity contribution in [1.29, 1.82) is 0 Å². The van der Waals surface area contributed by atoms with Gasteiger partial charge in [0.05, 0.1) is 12.0 Å². The maximum atomic E-state index is 11.7. The number of esters is 1. The van der Waals surface area contributed by atoms with Crippen molar-refractivity contribution in [2.75, 3.05) is 13.4 Å². The topological polar surface area (TPSA) is 104 Å². The van der Waals surface area contributed by atoms with E-state index in [0.29, 0.717) is 10.1 Å². The van der Waals surface area contributed by atoms with Crippen LogP contribution in [0.5, 0.6) is 0 Å². The predicted molar refractivity (Wildman–Crippen MR) is 73.5 cm³/mol. The smallest absolute Gasteiger partial charge is 0.327 e. The van der Waals surface area contributed by atoms with Gasteiger partial charge in [-0.1, -0.05) is 12.1 Å². The van der Waals surface area contributed by atoms with Crippen LogP contribution < -0.4 is 0 Å². The van der Waals surface area contributed by atoms with Gasteiger partial charge < -0.3 is 4.74 Å². The maximum Gasteiger partial charge on any atom is 0.327 e. The Bertz CT molecular complexity index is 757. The van der Waals surface area contributed by atoms with Gasteiger partial charge in [0, 0.05) is 11.2 Å². The van der Waals surface area contributed by atoms with Gasteiger partial charge in [-0.3, -0.25) is 4.79 Å². The van der Waals surface area contributed by atoms with Crippen LogP contribution in [0.2, 0.25) is 0 Å². The lowest BCUT2D eigenvalue weighted by Gasteiger charge is -2.07. The van der Waals surface area contributed by atoms with E-state index in [0.717, 1.165) is 18.0 Å². The van der Waals surface area contributed by atoms with Crippen molar-refractivity contribution in [3.63, 3.8) is 0 Å². The molecule has 0 radical (unpaired) electrons. The summed E-state index contributed by atoms with van der Waals surface area (Å²) in [4.78, 5) is 11.9. The molecule has 0 atom stereocenters. The second kappa shape index (κ2) is 6.22. The highest BCUT2D eigenvalue weighted by Crippen LogP contribution is 2.31. The molecule has 0 unspecified atom stereocenters. The number of aromatic nitrogens is 4. The Hall–Kier alpha value is -1.94. The minimum absolute atomic E-state index is 0.146. The molecule has 8 nitrogen and oxygen atoms in total. The summed E-state index contributed by atoms with van der Waals surface area (Å²) < 4.78 is 29.3. The van der Waals surface area contributed by atoms with E-state index in [4.69, 9.17) is 0 Å². The molecule has 0 aliphatic carbocycles. The number of rotatable bonds is 5. The van der Waals surface area contributed by atoms with Crippen LogP contribution in [0.4, 0.5) is 0 Å². The number of hydrogen-bond acceptors (Lipinski definition) is 8. The summed E-state index contributed by atoms with van der Waals surface area (Å²) in [6.07, 6.45) is 1.13. The molecule has 0 aliphatic rings. The van der Waals surface area contributed by atoms with E-state index in [1.807, 2.05) is 0 Å². The van der Waals surface area contributed by atoms with Gasteiger partial charge >= 0.3 is 5.97 Å². The summed E-state index contributed by atoms with van der Waals surface area (Å²) >= 11 is 1.07. The molecule has 1 heterocycles. The van der Waals surface area contributed by atoms with Crippen LogP contribution in [0.1, 0.15) is 0 Å². The Kier molecular flexibility index (Phi) is 4.58. The van der Waals surface area contributed by atoms with Crippen molar-refractivity contribution in [2.24, 2.45) is 0 Å². The van der Waals surface area contributed by atoms with Gasteiger partial charge in [0.2, 0.25) is 5.16 Å². The van der Waals surface area contributed by atoms with Crippen molar-refractivity contribution in [1.82, 2.24) is 20.2 Å². The normalized spacial score (nSPS) is 11.3. The van der Waals surface area contributed by atoms with E-state index >= 15 is 0 Å². The monoisotopic (exact) mass is 328 g/mol. The molecule has 2 aromatic rings. The highest BCUT2D eigenvalue weighted by atomic mass is 32.2. The zero-order valence-electron chi connectivity index (χ0n) is 11.3. The van der Waals surface area contributed by atoms with E-state index in [2.05, 4.69) is 20.3 Å². The van der Waals surface area contributed by atoms with Gasteiger partial charge in [-0.25, -0.2) is 13.1 Å². The van der Waals surface area contributed by atoms with Crippen molar-refractivity contribution in [2.45, 2.75) is 21.5 Å². The lowest BCUT2D eigenvalue weighted by atomic mass is 10.4. The average Bonchev–Trinajstić information content (AvgIpc) is 2.85. The molecule has 1 aromatic heterocycles. The minimum atomic E-state index is -3.37. The Morgan fingerprint density at radius 2 is 2.10 bits per heavy atom. The van der Waals surface area contributed by atoms with Gasteiger partial charge in [0.25, 0.3) is 0 Å². The molecule has 0 amide bonds. The first kappa shape index (κ1) is 15.4. The number of sulfone groups is 1. The molecule has 0 aliphatic heterocycles. The van der Waals surface area contributed by atoms with Crippen LogP contribution >= 0.6 is 11.8 Å². The highest BCUT2D eigenvalue weighted by Gasteiger charge is 2.17. The third-order valence-electron chi connectivity index (χ3n) is 2.46. The molecule has 0 N–H and O–H groups in total. The fraction of sp³-hybridized carbons (Fsp3) is 0.273. The Morgan fingerprint density at radius 1 is 1.38 bits per heavy atom. The third kappa shape index (κ3) is 3.79. The number of carbonyl (C=O) groups is 1. The van der Waals surface area contributed by atoms with Crippen molar-refractivity contribution < 1.29 is 17.9 Å². The van der Waals surface area contributed by atoms with Gasteiger partial charge in [0.15, 0.2) is 9.84 Å². The first-order valence-corrected chi connectivity index (χ1v) is 8.42. The number of ether oxygens (including phenoxy) is 1. The zero-order valence-corrected chi connectivity index (χ0v) is 12.9. The lowest BCUT2D eigenvalue weighted by molar-refractivity contribution is -0.141. The van der Waals surface area contributed by atoms with E-state index in [1.165, 1.54) is 17.9 Å². The number of carbonyl (C=O) groups excluding carboxylic acids is 1. The second-order valence-electron chi connectivity index (χ2n) is 4.02. The molecule has 0 bridgehead atoms. The number of hydrogen-bond donors (Lipinski definition) is 0. The zero-order chi connectivity index (χ0) is 15.5. The van der Waals surface area contributed by atoms with Crippen LogP contribution in [0, 0.1) is 0 Å². The maximum absolute atomic E-state index is 11.7. The van der Waals surface area contributed by atoms with E-state index in [-0.39, 0.29) is 11.4 Å². The molecule has 10 heteroatoms. The first-order valence-electron chi connectivity index (χ1n) is 5.71. The van der Waals surface area contributed by atoms with Crippen LogP contribution in [-0.4, -0.2) is 48.0 Å². The lowest BCUT2D eigenvalue weighted by Crippen LogP contribution is -2.13. The summed E-state index contributed by atoms with van der Waals surface area (Å²) in [6, 6.07) is 6.51. The molecule has 0 saturated heterocycles. The fourth-order valence-corrected chi connectivity index (χ4v) is 3.63. The van der Waals surface area contributed by atoms with Crippen LogP contribution in [0.15, 0.2) is 39.2 Å². The Balaban J connectivity index is 2.32. The molecule has 21 heavy (non-hydrogen) atoms. The molecular weight excluding hydrogens is 316 g/mol. The molecule has 0 fully saturated rings. The molecule has 112 valence electrons. The summed E-state index contributed by atoms with van der Waals surface area (Å²) in [5.41, 5.74) is 0. The number of benzene rings is 1. The summed E-state index contributed by atoms with van der Waals surface area (Å²) in [6.45, 7) is -0.146. The van der Waals surface area contributed by atoms with Crippen molar-refractivity contribution >= 4 is 27.6 Å².